The maximum absolute atomic E-state index is 9.46. The molecular weight excluding hydrogens is 248 g/mol. The van der Waals surface area contributed by atoms with E-state index in [9.17, 15) is 5.11 Å². The van der Waals surface area contributed by atoms with Crippen LogP contribution in [0.25, 0.3) is 0 Å². The van der Waals surface area contributed by atoms with Crippen molar-refractivity contribution in [3.05, 3.63) is 34.4 Å². The molecule has 20 heavy (non-hydrogen) atoms. The Bertz CT molecular complexity index is 459. The summed E-state index contributed by atoms with van der Waals surface area (Å²) in [5, 5.41) is 13.1. The van der Waals surface area contributed by atoms with Crippen LogP contribution in [0, 0.1) is 26.7 Å². The molecule has 1 aromatic rings. The number of aliphatic hydroxyl groups is 1. The van der Waals surface area contributed by atoms with Gasteiger partial charge in [-0.3, -0.25) is 0 Å². The molecule has 1 fully saturated rings. The smallest absolute Gasteiger partial charge is 0.0474 e. The molecule has 1 aliphatic rings. The molecule has 0 amide bonds. The van der Waals surface area contributed by atoms with E-state index in [1.54, 1.807) is 0 Å². The molecule has 0 radical (unpaired) electrons. The van der Waals surface area contributed by atoms with Crippen LogP contribution in [0.2, 0.25) is 0 Å². The lowest BCUT2D eigenvalue weighted by atomic mass is 9.94. The Morgan fingerprint density at radius 2 is 1.90 bits per heavy atom. The Hall–Kier alpha value is -0.900. The second-order valence-corrected chi connectivity index (χ2v) is 6.23. The van der Waals surface area contributed by atoms with E-state index in [4.69, 9.17) is 5.73 Å². The monoisotopic (exact) mass is 276 g/mol. The van der Waals surface area contributed by atoms with Crippen LogP contribution in [-0.4, -0.2) is 24.3 Å². The van der Waals surface area contributed by atoms with Gasteiger partial charge in [-0.05, 0) is 61.8 Å². The molecule has 3 atom stereocenters. The molecular formula is C17H28N2O. The van der Waals surface area contributed by atoms with Crippen LogP contribution < -0.4 is 11.1 Å². The first kappa shape index (κ1) is 15.5. The highest BCUT2D eigenvalue weighted by atomic mass is 16.3. The van der Waals surface area contributed by atoms with Gasteiger partial charge in [-0.15, -0.1) is 0 Å². The van der Waals surface area contributed by atoms with Crippen molar-refractivity contribution in [1.29, 1.82) is 0 Å². The molecule has 2 rings (SSSR count). The van der Waals surface area contributed by atoms with E-state index >= 15 is 0 Å². The van der Waals surface area contributed by atoms with Crippen LogP contribution in [-0.2, 0) is 0 Å². The maximum Gasteiger partial charge on any atom is 0.0474 e. The fraction of sp³-hybridized carbons (Fsp3) is 0.647. The largest absolute Gasteiger partial charge is 0.396 e. The van der Waals surface area contributed by atoms with E-state index in [1.807, 2.05) is 0 Å². The molecule has 4 N–H and O–H groups in total. The quantitative estimate of drug-likeness (QED) is 0.774. The predicted molar refractivity (Wildman–Crippen MR) is 83.8 cm³/mol. The van der Waals surface area contributed by atoms with Crippen LogP contribution in [0.4, 0.5) is 0 Å². The van der Waals surface area contributed by atoms with Gasteiger partial charge in [0.1, 0.15) is 0 Å². The molecule has 3 heteroatoms. The van der Waals surface area contributed by atoms with Crippen LogP contribution >= 0.6 is 0 Å². The van der Waals surface area contributed by atoms with Gasteiger partial charge in [-0.1, -0.05) is 18.6 Å². The topological polar surface area (TPSA) is 58.3 Å². The van der Waals surface area contributed by atoms with Gasteiger partial charge in [0, 0.05) is 25.2 Å². The van der Waals surface area contributed by atoms with Gasteiger partial charge in [0.05, 0.1) is 0 Å². The van der Waals surface area contributed by atoms with Gasteiger partial charge >= 0.3 is 0 Å². The van der Waals surface area contributed by atoms with Gasteiger partial charge in [0.25, 0.3) is 0 Å². The summed E-state index contributed by atoms with van der Waals surface area (Å²) in [6.45, 7) is 7.33. The summed E-state index contributed by atoms with van der Waals surface area (Å²) >= 11 is 0. The van der Waals surface area contributed by atoms with Crippen molar-refractivity contribution in [3.63, 3.8) is 0 Å². The molecule has 0 aliphatic heterocycles. The number of nitrogens with one attached hydrogen (secondary N) is 1. The highest BCUT2D eigenvalue weighted by Crippen LogP contribution is 2.29. The van der Waals surface area contributed by atoms with E-state index in [2.05, 4.69) is 38.2 Å². The van der Waals surface area contributed by atoms with Crippen LogP contribution in [0.5, 0.6) is 0 Å². The highest BCUT2D eigenvalue weighted by molar-refractivity contribution is 5.38. The summed E-state index contributed by atoms with van der Waals surface area (Å²) in [4.78, 5) is 0. The van der Waals surface area contributed by atoms with Gasteiger partial charge in [0.15, 0.2) is 0 Å². The van der Waals surface area contributed by atoms with E-state index in [-0.39, 0.29) is 12.6 Å². The number of rotatable bonds is 5. The second-order valence-electron chi connectivity index (χ2n) is 6.23. The van der Waals surface area contributed by atoms with Gasteiger partial charge in [0.2, 0.25) is 0 Å². The number of benzene rings is 1. The molecule has 0 bridgehead atoms. The maximum atomic E-state index is 9.46. The fourth-order valence-corrected chi connectivity index (χ4v) is 3.38. The van der Waals surface area contributed by atoms with Gasteiger partial charge in [-0.25, -0.2) is 0 Å². The van der Waals surface area contributed by atoms with E-state index in [0.717, 1.165) is 12.8 Å². The highest BCUT2D eigenvalue weighted by Gasteiger charge is 2.28. The zero-order valence-corrected chi connectivity index (χ0v) is 12.9. The summed E-state index contributed by atoms with van der Waals surface area (Å²) in [5.74, 6) is 0.385. The number of nitrogens with two attached hydrogens (primary N) is 1. The Morgan fingerprint density at radius 3 is 2.55 bits per heavy atom. The molecule has 3 nitrogen and oxygen atoms in total. The summed E-state index contributed by atoms with van der Waals surface area (Å²) in [7, 11) is 0. The Labute approximate surface area is 122 Å². The Kier molecular flexibility index (Phi) is 5.19. The van der Waals surface area contributed by atoms with Crippen LogP contribution in [0.1, 0.15) is 47.6 Å². The molecule has 3 unspecified atom stereocenters. The standard InChI is InChI=1S/C17H28N2O/c1-11-7-13(3)15(8-12(11)2)17(9-18)19-16-6-4-5-14(16)10-20/h7-8,14,16-17,19-20H,4-6,9-10,18H2,1-3H3. The number of aryl methyl sites for hydroxylation is 3. The molecule has 0 heterocycles. The summed E-state index contributed by atoms with van der Waals surface area (Å²) in [5.41, 5.74) is 11.3. The summed E-state index contributed by atoms with van der Waals surface area (Å²) < 4.78 is 0. The van der Waals surface area contributed by atoms with Crippen molar-refractivity contribution in [1.82, 2.24) is 5.32 Å². The molecule has 1 aromatic carbocycles. The van der Waals surface area contributed by atoms with E-state index < -0.39 is 0 Å². The molecule has 112 valence electrons. The molecule has 0 aromatic heterocycles. The minimum Gasteiger partial charge on any atom is -0.396 e. The normalized spacial score (nSPS) is 24.1. The Balaban J connectivity index is 2.18. The molecule has 0 saturated heterocycles. The van der Waals surface area contributed by atoms with Crippen molar-refractivity contribution in [3.8, 4) is 0 Å². The lowest BCUT2D eigenvalue weighted by molar-refractivity contribution is 0.199. The third-order valence-electron chi connectivity index (χ3n) is 4.80. The van der Waals surface area contributed by atoms with E-state index in [1.165, 1.54) is 28.7 Å². The predicted octanol–water partition coefficient (Wildman–Crippen LogP) is 2.36. The number of hydrogen-bond acceptors (Lipinski definition) is 3. The van der Waals surface area contributed by atoms with E-state index in [0.29, 0.717) is 18.5 Å². The average molecular weight is 276 g/mol. The lowest BCUT2D eigenvalue weighted by Gasteiger charge is -2.27. The fourth-order valence-electron chi connectivity index (χ4n) is 3.38. The first-order valence-corrected chi connectivity index (χ1v) is 7.71. The zero-order chi connectivity index (χ0) is 14.7. The van der Waals surface area contributed by atoms with Crippen molar-refractivity contribution in [2.45, 2.75) is 52.1 Å². The number of aliphatic hydroxyl groups excluding tert-OH is 1. The SMILES string of the molecule is Cc1cc(C)c(C(CN)NC2CCCC2CO)cc1C. The first-order chi connectivity index (χ1) is 9.56. The first-order valence-electron chi connectivity index (χ1n) is 7.71. The third kappa shape index (κ3) is 3.22. The second kappa shape index (κ2) is 6.70. The summed E-state index contributed by atoms with van der Waals surface area (Å²) in [6.07, 6.45) is 3.47. The minimum absolute atomic E-state index is 0.187. The number of hydrogen-bond donors (Lipinski definition) is 3. The van der Waals surface area contributed by atoms with Crippen LogP contribution in [0.15, 0.2) is 12.1 Å². The van der Waals surface area contributed by atoms with Crippen molar-refractivity contribution in [2.24, 2.45) is 11.7 Å². The van der Waals surface area contributed by atoms with Crippen molar-refractivity contribution < 1.29 is 5.11 Å². The zero-order valence-electron chi connectivity index (χ0n) is 12.9. The van der Waals surface area contributed by atoms with Crippen molar-refractivity contribution >= 4 is 0 Å². The summed E-state index contributed by atoms with van der Waals surface area (Å²) in [6, 6.07) is 5.09. The van der Waals surface area contributed by atoms with Crippen molar-refractivity contribution in [2.75, 3.05) is 13.2 Å². The molecule has 1 saturated carbocycles. The lowest BCUT2D eigenvalue weighted by Crippen LogP contribution is -2.40. The van der Waals surface area contributed by atoms with Crippen LogP contribution in [0.3, 0.4) is 0 Å². The van der Waals surface area contributed by atoms with Gasteiger partial charge < -0.3 is 16.2 Å². The third-order valence-corrected chi connectivity index (χ3v) is 4.80. The minimum atomic E-state index is 0.187. The average Bonchev–Trinajstić information content (AvgIpc) is 2.87. The Morgan fingerprint density at radius 1 is 1.20 bits per heavy atom. The molecule has 0 spiro atoms. The molecule has 1 aliphatic carbocycles. The van der Waals surface area contributed by atoms with Gasteiger partial charge in [-0.2, -0.15) is 0 Å².